The Labute approximate surface area is 139 Å². The molecule has 1 N–H and O–H groups in total. The van der Waals surface area contributed by atoms with E-state index in [1.165, 1.54) is 0 Å². The molecule has 5 nitrogen and oxygen atoms in total. The second kappa shape index (κ2) is 5.09. The highest BCUT2D eigenvalue weighted by molar-refractivity contribution is 6.19. The number of nitrogens with one attached hydrogen (secondary N) is 1. The molecule has 4 aliphatic heterocycles. The number of fused-ring (bicyclic) bond motifs is 6. The minimum Gasteiger partial charge on any atom is -0.354 e. The quantitative estimate of drug-likeness (QED) is 0.789. The van der Waals surface area contributed by atoms with Crippen LogP contribution in [0.5, 0.6) is 0 Å². The summed E-state index contributed by atoms with van der Waals surface area (Å²) < 4.78 is 0. The molecule has 0 saturated heterocycles. The third-order valence-corrected chi connectivity index (χ3v) is 3.94. The fraction of sp³-hybridized carbons (Fsp3) is 0. The van der Waals surface area contributed by atoms with Crippen LogP contribution < -0.4 is 10.7 Å². The molecule has 1 aromatic heterocycles. The van der Waals surface area contributed by atoms with Crippen molar-refractivity contribution in [3.05, 3.63) is 89.9 Å². The molecule has 0 saturated carbocycles. The van der Waals surface area contributed by atoms with Crippen LogP contribution in [0.3, 0.4) is 0 Å². The lowest BCUT2D eigenvalue weighted by molar-refractivity contribution is 0.513. The van der Waals surface area contributed by atoms with Gasteiger partial charge in [0.1, 0.15) is 6.67 Å². The van der Waals surface area contributed by atoms with E-state index < -0.39 is 0 Å². The first-order chi connectivity index (χ1) is 11.8. The van der Waals surface area contributed by atoms with Crippen molar-refractivity contribution in [3.8, 4) is 0 Å². The van der Waals surface area contributed by atoms with Crippen molar-refractivity contribution >= 4 is 23.7 Å². The summed E-state index contributed by atoms with van der Waals surface area (Å²) in [5.41, 5.74) is 3.66. The second-order valence-electron chi connectivity index (χ2n) is 5.81. The van der Waals surface area contributed by atoms with Gasteiger partial charge in [0.2, 0.25) is 0 Å². The van der Waals surface area contributed by atoms with Gasteiger partial charge in [-0.25, -0.2) is 9.98 Å². The summed E-state index contributed by atoms with van der Waals surface area (Å²) in [6, 6.07) is 4.11. The fourth-order valence-corrected chi connectivity index (χ4v) is 2.85. The van der Waals surface area contributed by atoms with Gasteiger partial charge in [0.05, 0.1) is 28.2 Å². The van der Waals surface area contributed by atoms with E-state index in [0.29, 0.717) is 0 Å². The molecular weight excluding hydrogens is 298 g/mol. The maximum absolute atomic E-state index is 4.62. The number of nitrogens with zero attached hydrogens (tertiary/aromatic N) is 4. The summed E-state index contributed by atoms with van der Waals surface area (Å²) in [4.78, 5) is 16.6. The number of aliphatic imine (C=N–C) groups is 2. The van der Waals surface area contributed by atoms with Crippen molar-refractivity contribution in [2.24, 2.45) is 9.98 Å². The summed E-state index contributed by atoms with van der Waals surface area (Å²) in [6.45, 7) is 2.00. The van der Waals surface area contributed by atoms with Gasteiger partial charge in [0.25, 0.3) is 0 Å². The van der Waals surface area contributed by atoms with Crippen LogP contribution in [-0.2, 0) is 0 Å². The molecule has 5 rings (SSSR count). The van der Waals surface area contributed by atoms with Gasteiger partial charge in [0, 0.05) is 30.1 Å². The van der Waals surface area contributed by atoms with Crippen LogP contribution >= 0.6 is 0 Å². The van der Waals surface area contributed by atoms with Crippen LogP contribution in [0.1, 0.15) is 0 Å². The Bertz CT molecular complexity index is 1040. The normalized spacial score (nSPS) is 20.5. The lowest BCUT2D eigenvalue weighted by Gasteiger charge is -2.13. The van der Waals surface area contributed by atoms with E-state index in [2.05, 4.69) is 27.1 Å². The number of H-pyrrole nitrogens is 1. The Balaban J connectivity index is 1.64. The van der Waals surface area contributed by atoms with Gasteiger partial charge in [-0.05, 0) is 48.6 Å². The highest BCUT2D eigenvalue weighted by Gasteiger charge is 2.12. The Morgan fingerprint density at radius 2 is 1.42 bits per heavy atom. The van der Waals surface area contributed by atoms with Crippen molar-refractivity contribution in [2.45, 2.75) is 0 Å². The van der Waals surface area contributed by atoms with Crippen LogP contribution in [0, 0.1) is 6.67 Å². The summed E-state index contributed by atoms with van der Waals surface area (Å²) >= 11 is 0. The molecule has 1 aromatic rings. The number of hydrogen-bond donors (Lipinski definition) is 1. The number of allylic oxidation sites excluding steroid dienone is 5. The van der Waals surface area contributed by atoms with E-state index in [-0.39, 0.29) is 0 Å². The lowest BCUT2D eigenvalue weighted by Crippen LogP contribution is -2.17. The zero-order valence-electron chi connectivity index (χ0n) is 12.8. The van der Waals surface area contributed by atoms with Crippen LogP contribution in [-0.4, -0.2) is 26.2 Å². The van der Waals surface area contributed by atoms with Crippen LogP contribution in [0.15, 0.2) is 82.5 Å². The largest absolute Gasteiger partial charge is 0.354 e. The molecule has 0 atom stereocenters. The Morgan fingerprint density at radius 1 is 0.708 bits per heavy atom. The van der Waals surface area contributed by atoms with Gasteiger partial charge in [-0.15, -0.1) is 0 Å². The van der Waals surface area contributed by atoms with Gasteiger partial charge in [-0.2, -0.15) is 0 Å². The minimum absolute atomic E-state index is 0.909. The summed E-state index contributed by atoms with van der Waals surface area (Å²) in [6.07, 6.45) is 20.1. The lowest BCUT2D eigenvalue weighted by atomic mass is 10.3. The highest BCUT2D eigenvalue weighted by atomic mass is 15.3. The predicted molar refractivity (Wildman–Crippen MR) is 95.4 cm³/mol. The zero-order chi connectivity index (χ0) is 15.9. The first-order valence-electron chi connectivity index (χ1n) is 7.74. The SMILES string of the molecule is [CH]1N2C=CN1C=c1ccc([nH]1)=CC1=NC(=CC3=NC(=C2)C=C3)C=C1. The number of aromatic nitrogens is 1. The summed E-state index contributed by atoms with van der Waals surface area (Å²) in [5, 5.41) is 2.06. The van der Waals surface area contributed by atoms with E-state index in [9.17, 15) is 0 Å². The molecule has 0 unspecified atom stereocenters. The Morgan fingerprint density at radius 3 is 2.33 bits per heavy atom. The monoisotopic (exact) mass is 312 g/mol. The van der Waals surface area contributed by atoms with Crippen molar-refractivity contribution in [2.75, 3.05) is 0 Å². The van der Waals surface area contributed by atoms with Crippen LogP contribution in [0.4, 0.5) is 0 Å². The molecule has 0 fully saturated rings. The standard InChI is InChI=1S/C19H14N5/c1-2-15-10-17-4-6-19(22-17)12-24-8-7-23(13-24)11-18-5-3-16(21-18)9-14(1)20-15/h1-13,21H. The average Bonchev–Trinajstić information content (AvgIpc) is 3.32. The summed E-state index contributed by atoms with van der Waals surface area (Å²) in [7, 11) is 0. The highest BCUT2D eigenvalue weighted by Crippen LogP contribution is 2.18. The molecule has 5 heterocycles. The topological polar surface area (TPSA) is 47.0 Å². The molecular formula is C19H14N5. The maximum Gasteiger partial charge on any atom is 0.149 e. The Hall–Kier alpha value is -3.34. The summed E-state index contributed by atoms with van der Waals surface area (Å²) in [5.74, 6) is 0. The molecule has 0 spiro atoms. The van der Waals surface area contributed by atoms with E-state index in [4.69, 9.17) is 0 Å². The van der Waals surface area contributed by atoms with E-state index in [1.807, 2.05) is 77.7 Å². The van der Waals surface area contributed by atoms with Gasteiger partial charge in [-0.3, -0.25) is 0 Å². The fourth-order valence-electron chi connectivity index (χ4n) is 2.85. The minimum atomic E-state index is 0.909. The molecule has 0 aromatic carbocycles. The third kappa shape index (κ3) is 2.46. The van der Waals surface area contributed by atoms with Gasteiger partial charge in [0.15, 0.2) is 0 Å². The molecule has 8 bridgehead atoms. The van der Waals surface area contributed by atoms with Crippen molar-refractivity contribution in [1.82, 2.24) is 14.8 Å². The van der Waals surface area contributed by atoms with Gasteiger partial charge < -0.3 is 14.8 Å². The number of aromatic amines is 1. The van der Waals surface area contributed by atoms with Crippen molar-refractivity contribution in [1.29, 1.82) is 0 Å². The average molecular weight is 312 g/mol. The van der Waals surface area contributed by atoms with E-state index >= 15 is 0 Å². The first-order valence-corrected chi connectivity index (χ1v) is 7.74. The molecule has 115 valence electrons. The molecule has 4 aliphatic rings. The Kier molecular flexibility index (Phi) is 2.79. The first kappa shape index (κ1) is 13.1. The van der Waals surface area contributed by atoms with Gasteiger partial charge >= 0.3 is 0 Å². The second-order valence-corrected chi connectivity index (χ2v) is 5.81. The molecule has 0 amide bonds. The van der Waals surface area contributed by atoms with Crippen molar-refractivity contribution < 1.29 is 0 Å². The maximum atomic E-state index is 4.62. The molecule has 24 heavy (non-hydrogen) atoms. The smallest absolute Gasteiger partial charge is 0.149 e. The predicted octanol–water partition coefficient (Wildman–Crippen LogP) is 1.50. The third-order valence-electron chi connectivity index (χ3n) is 3.94. The molecule has 1 radical (unpaired) electrons. The molecule has 5 heteroatoms. The number of hydrogen-bond acceptors (Lipinski definition) is 4. The molecule has 0 aliphatic carbocycles. The van der Waals surface area contributed by atoms with Crippen LogP contribution in [0.2, 0.25) is 0 Å². The van der Waals surface area contributed by atoms with Gasteiger partial charge in [-0.1, -0.05) is 0 Å². The van der Waals surface area contributed by atoms with E-state index in [1.54, 1.807) is 0 Å². The van der Waals surface area contributed by atoms with Crippen LogP contribution in [0.25, 0.3) is 12.3 Å². The van der Waals surface area contributed by atoms with E-state index in [0.717, 1.165) is 33.5 Å². The van der Waals surface area contributed by atoms with Crippen molar-refractivity contribution in [3.63, 3.8) is 0 Å². The zero-order valence-corrected chi connectivity index (χ0v) is 12.8. The number of rotatable bonds is 0.